The van der Waals surface area contributed by atoms with E-state index >= 15 is 0 Å². The number of anilines is 1. The van der Waals surface area contributed by atoms with E-state index in [4.69, 9.17) is 16.3 Å². The second-order valence-corrected chi connectivity index (χ2v) is 6.67. The van der Waals surface area contributed by atoms with Crippen LogP contribution in [0.25, 0.3) is 11.0 Å². The summed E-state index contributed by atoms with van der Waals surface area (Å²) >= 11 is 6.00. The number of ether oxygens (including phenoxy) is 1. The summed E-state index contributed by atoms with van der Waals surface area (Å²) < 4.78 is 8.80. The summed E-state index contributed by atoms with van der Waals surface area (Å²) in [6.07, 6.45) is -0.689. The van der Waals surface area contributed by atoms with E-state index in [-0.39, 0.29) is 11.6 Å². The normalized spacial score (nSPS) is 12.2. The average Bonchev–Trinajstić information content (AvgIpc) is 2.82. The zero-order valence-corrected chi connectivity index (χ0v) is 15.8. The van der Waals surface area contributed by atoms with Crippen molar-refractivity contribution in [2.24, 2.45) is 14.1 Å². The van der Waals surface area contributed by atoms with Gasteiger partial charge in [0.2, 0.25) is 0 Å². The third-order valence-corrected chi connectivity index (χ3v) is 4.78. The summed E-state index contributed by atoms with van der Waals surface area (Å²) in [6.45, 7) is 3.55. The molecule has 1 unspecified atom stereocenters. The summed E-state index contributed by atoms with van der Waals surface area (Å²) in [5, 5.41) is 3.47. The Balaban J connectivity index is 1.76. The minimum absolute atomic E-state index is 0.113. The van der Waals surface area contributed by atoms with E-state index < -0.39 is 6.10 Å². The van der Waals surface area contributed by atoms with Gasteiger partial charge < -0.3 is 10.1 Å². The number of benzene rings is 2. The van der Waals surface area contributed by atoms with Crippen molar-refractivity contribution in [3.05, 3.63) is 57.5 Å². The number of hydrogen-bond acceptors (Lipinski definition) is 3. The monoisotopic (exact) mass is 373 g/mol. The Bertz CT molecular complexity index is 1050. The molecular weight excluding hydrogens is 354 g/mol. The van der Waals surface area contributed by atoms with Gasteiger partial charge in [0, 0.05) is 24.8 Å². The van der Waals surface area contributed by atoms with E-state index in [1.54, 1.807) is 66.6 Å². The third-order valence-electron chi connectivity index (χ3n) is 4.35. The summed E-state index contributed by atoms with van der Waals surface area (Å²) in [5.74, 6) is 0.299. The van der Waals surface area contributed by atoms with Gasteiger partial charge in [-0.3, -0.25) is 13.9 Å². The van der Waals surface area contributed by atoms with Crippen LogP contribution in [0.3, 0.4) is 0 Å². The number of amides is 1. The molecule has 1 atom stereocenters. The van der Waals surface area contributed by atoms with E-state index in [9.17, 15) is 9.59 Å². The van der Waals surface area contributed by atoms with Crippen LogP contribution in [-0.4, -0.2) is 21.1 Å². The second-order valence-electron chi connectivity index (χ2n) is 6.26. The molecule has 0 aliphatic carbocycles. The van der Waals surface area contributed by atoms with Crippen molar-refractivity contribution in [3.63, 3.8) is 0 Å². The molecule has 0 aliphatic heterocycles. The second kappa shape index (κ2) is 6.88. The largest absolute Gasteiger partial charge is 0.481 e. The number of imidazole rings is 1. The Morgan fingerprint density at radius 3 is 2.50 bits per heavy atom. The predicted octanol–water partition coefficient (Wildman–Crippen LogP) is 3.24. The first-order valence-electron chi connectivity index (χ1n) is 8.17. The highest BCUT2D eigenvalue weighted by Crippen LogP contribution is 2.22. The Hall–Kier alpha value is -2.73. The van der Waals surface area contributed by atoms with Gasteiger partial charge in [0.25, 0.3) is 5.91 Å². The van der Waals surface area contributed by atoms with Crippen LogP contribution < -0.4 is 15.7 Å². The molecule has 3 aromatic rings. The predicted molar refractivity (Wildman–Crippen MR) is 103 cm³/mol. The van der Waals surface area contributed by atoms with Gasteiger partial charge in [-0.05, 0) is 55.8 Å². The fraction of sp³-hybridized carbons (Fsp3) is 0.263. The van der Waals surface area contributed by atoms with Crippen molar-refractivity contribution in [2.45, 2.75) is 20.0 Å². The SMILES string of the molecule is Cc1cc(OC(C)C(=O)Nc2ccc3c(c2)n(C)c(=O)n3C)ccc1Cl. The van der Waals surface area contributed by atoms with Crippen LogP contribution in [0.4, 0.5) is 5.69 Å². The molecule has 1 N–H and O–H groups in total. The zero-order valence-electron chi connectivity index (χ0n) is 15.0. The van der Waals surface area contributed by atoms with E-state index in [0.717, 1.165) is 16.6 Å². The van der Waals surface area contributed by atoms with Crippen molar-refractivity contribution < 1.29 is 9.53 Å². The van der Waals surface area contributed by atoms with Crippen LogP contribution in [0.2, 0.25) is 5.02 Å². The van der Waals surface area contributed by atoms with Gasteiger partial charge in [0.1, 0.15) is 5.75 Å². The lowest BCUT2D eigenvalue weighted by atomic mass is 10.2. The van der Waals surface area contributed by atoms with E-state index in [1.807, 2.05) is 6.92 Å². The summed E-state index contributed by atoms with van der Waals surface area (Å²) in [5.41, 5.74) is 2.92. The number of fused-ring (bicyclic) bond motifs is 1. The van der Waals surface area contributed by atoms with Gasteiger partial charge in [-0.1, -0.05) is 11.6 Å². The maximum atomic E-state index is 12.4. The third kappa shape index (κ3) is 3.32. The molecule has 0 fully saturated rings. The number of hydrogen-bond donors (Lipinski definition) is 1. The minimum atomic E-state index is -0.689. The molecule has 7 heteroatoms. The first-order chi connectivity index (χ1) is 12.3. The van der Waals surface area contributed by atoms with Crippen molar-refractivity contribution >= 4 is 34.2 Å². The highest BCUT2D eigenvalue weighted by molar-refractivity contribution is 6.31. The van der Waals surface area contributed by atoms with Gasteiger partial charge in [0.15, 0.2) is 6.10 Å². The molecule has 136 valence electrons. The van der Waals surface area contributed by atoms with Crippen molar-refractivity contribution in [1.82, 2.24) is 9.13 Å². The number of nitrogens with zero attached hydrogens (tertiary/aromatic N) is 2. The average molecular weight is 374 g/mol. The Labute approximate surface area is 155 Å². The molecule has 2 aromatic carbocycles. The summed E-state index contributed by atoms with van der Waals surface area (Å²) in [7, 11) is 3.41. The molecule has 1 heterocycles. The standard InChI is InChI=1S/C19H20ClN3O3/c1-11-9-14(6-7-15(11)20)26-12(2)18(24)21-13-5-8-16-17(10-13)23(4)19(25)22(16)3/h5-10,12H,1-4H3,(H,21,24). The van der Waals surface area contributed by atoms with Crippen LogP contribution in [0.5, 0.6) is 5.75 Å². The number of rotatable bonds is 4. The highest BCUT2D eigenvalue weighted by atomic mass is 35.5. The number of aryl methyl sites for hydroxylation is 3. The molecule has 0 saturated heterocycles. The lowest BCUT2D eigenvalue weighted by Gasteiger charge is -2.15. The maximum absolute atomic E-state index is 12.4. The fourth-order valence-electron chi connectivity index (χ4n) is 2.78. The van der Waals surface area contributed by atoms with Crippen LogP contribution in [0, 0.1) is 6.92 Å². The molecule has 0 spiro atoms. The number of carbonyl (C=O) groups is 1. The Morgan fingerprint density at radius 1 is 1.12 bits per heavy atom. The molecule has 0 radical (unpaired) electrons. The topological polar surface area (TPSA) is 65.3 Å². The minimum Gasteiger partial charge on any atom is -0.481 e. The van der Waals surface area contributed by atoms with Crippen LogP contribution in [0.15, 0.2) is 41.2 Å². The lowest BCUT2D eigenvalue weighted by Crippen LogP contribution is -2.30. The summed E-state index contributed by atoms with van der Waals surface area (Å²) in [6, 6.07) is 10.6. The molecule has 0 saturated carbocycles. The number of nitrogens with one attached hydrogen (secondary N) is 1. The van der Waals surface area contributed by atoms with E-state index in [2.05, 4.69) is 5.32 Å². The van der Waals surface area contributed by atoms with Gasteiger partial charge >= 0.3 is 5.69 Å². The van der Waals surface area contributed by atoms with Crippen LogP contribution in [-0.2, 0) is 18.9 Å². The molecule has 0 aliphatic rings. The molecule has 26 heavy (non-hydrogen) atoms. The van der Waals surface area contributed by atoms with Crippen molar-refractivity contribution in [2.75, 3.05) is 5.32 Å². The molecule has 6 nitrogen and oxygen atoms in total. The van der Waals surface area contributed by atoms with Gasteiger partial charge in [-0.2, -0.15) is 0 Å². The van der Waals surface area contributed by atoms with Crippen molar-refractivity contribution in [3.8, 4) is 5.75 Å². The maximum Gasteiger partial charge on any atom is 0.328 e. The van der Waals surface area contributed by atoms with Gasteiger partial charge in [-0.15, -0.1) is 0 Å². The molecule has 0 bridgehead atoms. The fourth-order valence-corrected chi connectivity index (χ4v) is 2.89. The highest BCUT2D eigenvalue weighted by Gasteiger charge is 2.16. The molecule has 1 aromatic heterocycles. The van der Waals surface area contributed by atoms with Crippen LogP contribution in [0.1, 0.15) is 12.5 Å². The number of aromatic nitrogens is 2. The number of carbonyl (C=O) groups excluding carboxylic acids is 1. The Kier molecular flexibility index (Phi) is 4.78. The molecular formula is C19H20ClN3O3. The van der Waals surface area contributed by atoms with Gasteiger partial charge in [0.05, 0.1) is 11.0 Å². The first-order valence-corrected chi connectivity index (χ1v) is 8.55. The number of halogens is 1. The Morgan fingerprint density at radius 2 is 1.81 bits per heavy atom. The lowest BCUT2D eigenvalue weighted by molar-refractivity contribution is -0.122. The quantitative estimate of drug-likeness (QED) is 0.763. The smallest absolute Gasteiger partial charge is 0.328 e. The van der Waals surface area contributed by atoms with Gasteiger partial charge in [-0.25, -0.2) is 4.79 Å². The molecule has 3 rings (SSSR count). The summed E-state index contributed by atoms with van der Waals surface area (Å²) in [4.78, 5) is 24.4. The van der Waals surface area contributed by atoms with E-state index in [0.29, 0.717) is 16.5 Å². The van der Waals surface area contributed by atoms with Crippen molar-refractivity contribution in [1.29, 1.82) is 0 Å². The first kappa shape index (κ1) is 18.1. The molecule has 1 amide bonds. The van der Waals surface area contributed by atoms with E-state index in [1.165, 1.54) is 0 Å². The van der Waals surface area contributed by atoms with Crippen LogP contribution >= 0.6 is 11.6 Å². The zero-order chi connectivity index (χ0) is 19.0.